The zero-order chi connectivity index (χ0) is 17.0. The smallest absolute Gasteiger partial charge is 0.224 e. The van der Waals surface area contributed by atoms with Crippen LogP contribution in [0.3, 0.4) is 0 Å². The molecule has 5 rings (SSSR count). The van der Waals surface area contributed by atoms with Crippen LogP contribution >= 0.6 is 11.6 Å². The Morgan fingerprint density at radius 2 is 2.16 bits per heavy atom. The number of ether oxygens (including phenoxy) is 2. The van der Waals surface area contributed by atoms with E-state index >= 15 is 0 Å². The van der Waals surface area contributed by atoms with Crippen LogP contribution in [0.15, 0.2) is 0 Å². The van der Waals surface area contributed by atoms with Crippen molar-refractivity contribution >= 4 is 22.6 Å². The van der Waals surface area contributed by atoms with E-state index in [1.807, 2.05) is 11.6 Å². The first-order valence-corrected chi connectivity index (χ1v) is 9.38. The monoisotopic (exact) mass is 363 g/mol. The second kappa shape index (κ2) is 5.87. The average molecular weight is 364 g/mol. The molecule has 0 bridgehead atoms. The minimum atomic E-state index is -0.0633. The number of aryl methyl sites for hydroxylation is 1. The van der Waals surface area contributed by atoms with E-state index in [9.17, 15) is 0 Å². The average Bonchev–Trinajstić information content (AvgIpc) is 3.17. The van der Waals surface area contributed by atoms with Crippen LogP contribution in [0.1, 0.15) is 49.3 Å². The maximum atomic E-state index is 6.28. The van der Waals surface area contributed by atoms with Crippen molar-refractivity contribution in [1.29, 1.82) is 0 Å². The number of nitrogens with zero attached hydrogens (tertiary/aromatic N) is 4. The van der Waals surface area contributed by atoms with Crippen LogP contribution in [-0.4, -0.2) is 46.1 Å². The molecule has 8 heteroatoms. The third-order valence-electron chi connectivity index (χ3n) is 5.66. The van der Waals surface area contributed by atoms with Crippen molar-refractivity contribution < 1.29 is 9.47 Å². The quantitative estimate of drug-likeness (QED) is 0.826. The van der Waals surface area contributed by atoms with Gasteiger partial charge in [-0.25, -0.2) is 9.67 Å². The Kier molecular flexibility index (Phi) is 3.74. The molecule has 2 atom stereocenters. The molecule has 0 radical (unpaired) electrons. The standard InChI is InChI=1S/C17H22ClN5O2/c1-10-13-14(11-6-17(7-19-11)8-24-9-17)20-16(18)21-15(13)23(22-10)12-4-2-3-5-25-12/h11-12,19H,2-9H2,1H3. The summed E-state index contributed by atoms with van der Waals surface area (Å²) < 4.78 is 13.2. The summed E-state index contributed by atoms with van der Waals surface area (Å²) in [7, 11) is 0. The molecule has 7 nitrogen and oxygen atoms in total. The van der Waals surface area contributed by atoms with Gasteiger partial charge in [-0.1, -0.05) is 0 Å². The second-order valence-electron chi connectivity index (χ2n) is 7.56. The van der Waals surface area contributed by atoms with Crippen LogP contribution in [0, 0.1) is 12.3 Å². The molecule has 3 aliphatic heterocycles. The van der Waals surface area contributed by atoms with Crippen molar-refractivity contribution in [2.75, 3.05) is 26.4 Å². The van der Waals surface area contributed by atoms with E-state index in [0.717, 1.165) is 74.5 Å². The van der Waals surface area contributed by atoms with Crippen molar-refractivity contribution in [3.63, 3.8) is 0 Å². The molecule has 25 heavy (non-hydrogen) atoms. The summed E-state index contributed by atoms with van der Waals surface area (Å²) in [6, 6.07) is 0.163. The third-order valence-corrected chi connectivity index (χ3v) is 5.83. The van der Waals surface area contributed by atoms with Gasteiger partial charge in [-0.05, 0) is 44.2 Å². The Hall–Kier alpha value is -1.28. The summed E-state index contributed by atoms with van der Waals surface area (Å²) in [5.74, 6) is 0. The molecular weight excluding hydrogens is 342 g/mol. The van der Waals surface area contributed by atoms with E-state index in [1.165, 1.54) is 0 Å². The van der Waals surface area contributed by atoms with Crippen LogP contribution in [0.4, 0.5) is 0 Å². The van der Waals surface area contributed by atoms with E-state index in [-0.39, 0.29) is 23.0 Å². The number of halogens is 1. The predicted molar refractivity (Wildman–Crippen MR) is 92.5 cm³/mol. The normalized spacial score (nSPS) is 28.6. The fourth-order valence-corrected chi connectivity index (χ4v) is 4.47. The van der Waals surface area contributed by atoms with Crippen LogP contribution in [-0.2, 0) is 9.47 Å². The Bertz CT molecular complexity index is 813. The van der Waals surface area contributed by atoms with Crippen molar-refractivity contribution in [2.24, 2.45) is 5.41 Å². The molecule has 1 spiro atoms. The summed E-state index contributed by atoms with van der Waals surface area (Å²) in [6.45, 7) is 5.39. The van der Waals surface area contributed by atoms with Gasteiger partial charge in [0.2, 0.25) is 5.28 Å². The van der Waals surface area contributed by atoms with Crippen molar-refractivity contribution in [3.8, 4) is 0 Å². The van der Waals surface area contributed by atoms with Crippen molar-refractivity contribution in [3.05, 3.63) is 16.7 Å². The van der Waals surface area contributed by atoms with Gasteiger partial charge in [-0.3, -0.25) is 0 Å². The van der Waals surface area contributed by atoms with Crippen LogP contribution in [0.5, 0.6) is 0 Å². The lowest BCUT2D eigenvalue weighted by atomic mass is 9.83. The molecule has 3 fully saturated rings. The molecule has 0 saturated carbocycles. The highest BCUT2D eigenvalue weighted by Gasteiger charge is 2.46. The van der Waals surface area contributed by atoms with Crippen LogP contribution < -0.4 is 5.32 Å². The van der Waals surface area contributed by atoms with E-state index in [1.54, 1.807) is 0 Å². The predicted octanol–water partition coefficient (Wildman–Crippen LogP) is 2.54. The first-order valence-electron chi connectivity index (χ1n) is 9.00. The summed E-state index contributed by atoms with van der Waals surface area (Å²) >= 11 is 6.28. The second-order valence-corrected chi connectivity index (χ2v) is 7.90. The molecular formula is C17H22ClN5O2. The SMILES string of the molecule is Cc1nn(C2CCCCO2)c2nc(Cl)nc(C3CC4(CN3)COC4)c12. The van der Waals surface area contributed by atoms with Gasteiger partial charge >= 0.3 is 0 Å². The van der Waals surface area contributed by atoms with Gasteiger partial charge in [-0.2, -0.15) is 10.1 Å². The number of rotatable bonds is 2. The molecule has 0 aliphatic carbocycles. The minimum absolute atomic E-state index is 0.0633. The molecule has 0 amide bonds. The van der Waals surface area contributed by atoms with Gasteiger partial charge in [0.1, 0.15) is 0 Å². The number of aromatic nitrogens is 4. The highest BCUT2D eigenvalue weighted by atomic mass is 35.5. The Balaban J connectivity index is 1.58. The molecule has 5 heterocycles. The van der Waals surface area contributed by atoms with E-state index in [0.29, 0.717) is 0 Å². The van der Waals surface area contributed by atoms with Crippen molar-refractivity contribution in [2.45, 2.75) is 44.9 Å². The van der Waals surface area contributed by atoms with Crippen molar-refractivity contribution in [1.82, 2.24) is 25.1 Å². The molecule has 2 aromatic heterocycles. The summed E-state index contributed by atoms with van der Waals surface area (Å²) in [5, 5.41) is 9.62. The zero-order valence-electron chi connectivity index (χ0n) is 14.3. The fourth-order valence-electron chi connectivity index (χ4n) is 4.30. The Morgan fingerprint density at radius 1 is 1.28 bits per heavy atom. The lowest BCUT2D eigenvalue weighted by Crippen LogP contribution is -2.43. The minimum Gasteiger partial charge on any atom is -0.380 e. The fraction of sp³-hybridized carbons (Fsp3) is 0.706. The molecule has 1 N–H and O–H groups in total. The lowest BCUT2D eigenvalue weighted by molar-refractivity contribution is -0.101. The Morgan fingerprint density at radius 3 is 2.84 bits per heavy atom. The lowest BCUT2D eigenvalue weighted by Gasteiger charge is -2.37. The van der Waals surface area contributed by atoms with Gasteiger partial charge in [0.25, 0.3) is 0 Å². The van der Waals surface area contributed by atoms with Gasteiger partial charge in [0.05, 0.1) is 36.0 Å². The summed E-state index contributed by atoms with van der Waals surface area (Å²) in [4.78, 5) is 9.08. The van der Waals surface area contributed by atoms with Gasteiger partial charge in [-0.15, -0.1) is 0 Å². The number of hydrogen-bond donors (Lipinski definition) is 1. The third kappa shape index (κ3) is 2.56. The van der Waals surface area contributed by atoms with E-state index < -0.39 is 0 Å². The summed E-state index contributed by atoms with van der Waals surface area (Å²) in [5.41, 5.74) is 2.93. The Labute approximate surface area is 151 Å². The maximum Gasteiger partial charge on any atom is 0.224 e. The topological polar surface area (TPSA) is 74.1 Å². The number of hydrogen-bond acceptors (Lipinski definition) is 6. The van der Waals surface area contributed by atoms with Gasteiger partial charge in [0, 0.05) is 18.6 Å². The zero-order valence-corrected chi connectivity index (χ0v) is 15.1. The number of nitrogens with one attached hydrogen (secondary N) is 1. The highest BCUT2D eigenvalue weighted by molar-refractivity contribution is 6.28. The van der Waals surface area contributed by atoms with Gasteiger partial charge < -0.3 is 14.8 Å². The molecule has 134 valence electrons. The largest absolute Gasteiger partial charge is 0.380 e. The van der Waals surface area contributed by atoms with E-state index in [2.05, 4.69) is 15.3 Å². The van der Waals surface area contributed by atoms with Crippen LogP contribution in [0.25, 0.3) is 11.0 Å². The molecule has 2 unspecified atom stereocenters. The molecule has 0 aromatic carbocycles. The van der Waals surface area contributed by atoms with E-state index in [4.69, 9.17) is 26.2 Å². The molecule has 3 saturated heterocycles. The first-order chi connectivity index (χ1) is 12.2. The maximum absolute atomic E-state index is 6.28. The number of fused-ring (bicyclic) bond motifs is 1. The van der Waals surface area contributed by atoms with Gasteiger partial charge in [0.15, 0.2) is 11.9 Å². The molecule has 2 aromatic rings. The van der Waals surface area contributed by atoms with Crippen LogP contribution in [0.2, 0.25) is 5.28 Å². The summed E-state index contributed by atoms with van der Waals surface area (Å²) in [6.07, 6.45) is 4.15. The molecule has 3 aliphatic rings. The first kappa shape index (κ1) is 15.9. The highest BCUT2D eigenvalue weighted by Crippen LogP contribution is 2.43.